The Balaban J connectivity index is 1.31. The van der Waals surface area contributed by atoms with Crippen molar-refractivity contribution in [2.75, 3.05) is 12.3 Å². The van der Waals surface area contributed by atoms with Gasteiger partial charge in [-0.15, -0.1) is 11.3 Å². The van der Waals surface area contributed by atoms with Crippen LogP contribution >= 0.6 is 23.1 Å². The molecule has 0 radical (unpaired) electrons. The van der Waals surface area contributed by atoms with Crippen molar-refractivity contribution in [2.24, 2.45) is 11.3 Å². The number of aryl methyl sites for hydroxylation is 1. The molecule has 2 aliphatic carbocycles. The third-order valence-corrected chi connectivity index (χ3v) is 9.10. The van der Waals surface area contributed by atoms with Crippen LogP contribution in [0.5, 0.6) is 0 Å². The fraction of sp³-hybridized carbons (Fsp3) is 0.519. The van der Waals surface area contributed by atoms with Gasteiger partial charge in [0.1, 0.15) is 15.7 Å². The summed E-state index contributed by atoms with van der Waals surface area (Å²) in [5.74, 6) is 2.68. The average Bonchev–Trinajstić information content (AvgIpc) is 3.57. The molecule has 0 saturated heterocycles. The maximum atomic E-state index is 12.6. The van der Waals surface area contributed by atoms with Crippen molar-refractivity contribution >= 4 is 39.2 Å². The number of thioether (sulfide) groups is 1. The highest BCUT2D eigenvalue weighted by atomic mass is 32.2. The van der Waals surface area contributed by atoms with Gasteiger partial charge in [0, 0.05) is 22.7 Å². The van der Waals surface area contributed by atoms with E-state index >= 15 is 0 Å². The maximum Gasteiger partial charge on any atom is 0.230 e. The standard InChI is InChI=1S/C27H33N3OS2/c1-27(2,3)19-11-12-20-21(15-19)33-26-23(20)25(29-24(30-26)18-9-10-18)32-16-22(31)28-14-13-17-7-5-4-6-8-17/h4-8,18-19H,9-16H2,1-3H3,(H,28,31)/t19-/m1/s1. The fourth-order valence-electron chi connectivity index (χ4n) is 4.70. The summed E-state index contributed by atoms with van der Waals surface area (Å²) >= 11 is 3.46. The monoisotopic (exact) mass is 479 g/mol. The maximum absolute atomic E-state index is 12.6. The average molecular weight is 480 g/mol. The van der Waals surface area contributed by atoms with Gasteiger partial charge >= 0.3 is 0 Å². The predicted molar refractivity (Wildman–Crippen MR) is 138 cm³/mol. The van der Waals surface area contributed by atoms with Crippen LogP contribution in [0.1, 0.15) is 67.8 Å². The summed E-state index contributed by atoms with van der Waals surface area (Å²) in [6.45, 7) is 7.74. The van der Waals surface area contributed by atoms with Crippen molar-refractivity contribution in [1.82, 2.24) is 15.3 Å². The number of carbonyl (C=O) groups excluding carboxylic acids is 1. The number of fused-ring (bicyclic) bond motifs is 3. The van der Waals surface area contributed by atoms with Gasteiger partial charge in [0.05, 0.1) is 5.75 Å². The summed E-state index contributed by atoms with van der Waals surface area (Å²) in [6, 6.07) is 10.3. The van der Waals surface area contributed by atoms with Crippen LogP contribution in [0.3, 0.4) is 0 Å². The molecule has 4 nitrogen and oxygen atoms in total. The van der Waals surface area contributed by atoms with Crippen molar-refractivity contribution in [1.29, 1.82) is 0 Å². The highest BCUT2D eigenvalue weighted by molar-refractivity contribution is 8.00. The van der Waals surface area contributed by atoms with Crippen LogP contribution in [0.2, 0.25) is 0 Å². The molecule has 1 N–H and O–H groups in total. The Morgan fingerprint density at radius 1 is 1.15 bits per heavy atom. The first-order chi connectivity index (χ1) is 15.9. The van der Waals surface area contributed by atoms with Gasteiger partial charge in [-0.1, -0.05) is 62.9 Å². The van der Waals surface area contributed by atoms with Crippen molar-refractivity contribution in [2.45, 2.75) is 70.2 Å². The van der Waals surface area contributed by atoms with E-state index < -0.39 is 0 Å². The van der Waals surface area contributed by atoms with Crippen LogP contribution in [0.15, 0.2) is 35.4 Å². The summed E-state index contributed by atoms with van der Waals surface area (Å²) in [5, 5.41) is 5.33. The second-order valence-electron chi connectivity index (χ2n) is 10.5. The molecule has 2 heterocycles. The molecule has 5 rings (SSSR count). The van der Waals surface area contributed by atoms with E-state index in [1.807, 2.05) is 29.5 Å². The lowest BCUT2D eigenvalue weighted by Gasteiger charge is -2.33. The number of carbonyl (C=O) groups is 1. The minimum Gasteiger partial charge on any atom is -0.355 e. The molecule has 3 aromatic rings. The summed E-state index contributed by atoms with van der Waals surface area (Å²) in [6.07, 6.45) is 6.69. The van der Waals surface area contributed by atoms with Crippen molar-refractivity contribution in [3.05, 3.63) is 52.2 Å². The van der Waals surface area contributed by atoms with Gasteiger partial charge in [-0.05, 0) is 61.0 Å². The van der Waals surface area contributed by atoms with Crippen molar-refractivity contribution in [3.8, 4) is 0 Å². The number of rotatable bonds is 7. The van der Waals surface area contributed by atoms with Gasteiger partial charge < -0.3 is 5.32 Å². The molecular weight excluding hydrogens is 446 g/mol. The van der Waals surface area contributed by atoms with Crippen LogP contribution in [0.25, 0.3) is 10.2 Å². The number of benzene rings is 1. The zero-order valence-corrected chi connectivity index (χ0v) is 21.5. The highest BCUT2D eigenvalue weighted by Crippen LogP contribution is 2.46. The van der Waals surface area contributed by atoms with Gasteiger partial charge in [-0.2, -0.15) is 0 Å². The number of hydrogen-bond acceptors (Lipinski definition) is 5. The molecule has 1 saturated carbocycles. The van der Waals surface area contributed by atoms with E-state index in [4.69, 9.17) is 9.97 Å². The van der Waals surface area contributed by atoms with E-state index in [0.29, 0.717) is 29.5 Å². The Labute approximate surface area is 205 Å². The summed E-state index contributed by atoms with van der Waals surface area (Å²) in [4.78, 5) is 25.2. The second-order valence-corrected chi connectivity index (χ2v) is 12.6. The number of thiophene rings is 1. The Morgan fingerprint density at radius 2 is 1.94 bits per heavy atom. The summed E-state index contributed by atoms with van der Waals surface area (Å²) in [5.41, 5.74) is 3.02. The van der Waals surface area contributed by atoms with E-state index in [2.05, 4.69) is 38.2 Å². The molecular formula is C27H33N3OS2. The van der Waals surface area contributed by atoms with Gasteiger partial charge in [0.2, 0.25) is 5.91 Å². The van der Waals surface area contributed by atoms with E-state index in [0.717, 1.165) is 34.9 Å². The topological polar surface area (TPSA) is 54.9 Å². The van der Waals surface area contributed by atoms with E-state index in [1.165, 1.54) is 40.7 Å². The molecule has 174 valence electrons. The molecule has 1 atom stereocenters. The SMILES string of the molecule is CC(C)(C)[C@@H]1CCc2c(sc3nc(C4CC4)nc(SCC(=O)NCCc4ccccc4)c23)C1. The van der Waals surface area contributed by atoms with Crippen LogP contribution in [0.4, 0.5) is 0 Å². The van der Waals surface area contributed by atoms with E-state index in [1.54, 1.807) is 11.8 Å². The van der Waals surface area contributed by atoms with Crippen LogP contribution in [0, 0.1) is 11.3 Å². The predicted octanol–water partition coefficient (Wildman–Crippen LogP) is 6.17. The molecule has 2 aromatic heterocycles. The van der Waals surface area contributed by atoms with Crippen LogP contribution < -0.4 is 5.32 Å². The first-order valence-corrected chi connectivity index (χ1v) is 13.9. The number of hydrogen-bond donors (Lipinski definition) is 1. The number of nitrogens with one attached hydrogen (secondary N) is 1. The molecule has 0 unspecified atom stereocenters. The first kappa shape index (κ1) is 22.9. The summed E-state index contributed by atoms with van der Waals surface area (Å²) < 4.78 is 0. The lowest BCUT2D eigenvalue weighted by atomic mass is 9.72. The van der Waals surface area contributed by atoms with E-state index in [9.17, 15) is 4.79 Å². The zero-order valence-electron chi connectivity index (χ0n) is 19.8. The lowest BCUT2D eigenvalue weighted by Crippen LogP contribution is -2.27. The summed E-state index contributed by atoms with van der Waals surface area (Å²) in [7, 11) is 0. The number of amides is 1. The minimum atomic E-state index is 0.0764. The Kier molecular flexibility index (Phi) is 6.49. The molecule has 1 amide bonds. The third-order valence-electron chi connectivity index (χ3n) is 6.98. The fourth-order valence-corrected chi connectivity index (χ4v) is 6.97. The largest absolute Gasteiger partial charge is 0.355 e. The van der Waals surface area contributed by atoms with E-state index in [-0.39, 0.29) is 5.91 Å². The van der Waals surface area contributed by atoms with Crippen LogP contribution in [-0.2, 0) is 24.1 Å². The Hall–Kier alpha value is -1.92. The molecule has 0 bridgehead atoms. The van der Waals surface area contributed by atoms with Gasteiger partial charge in [-0.25, -0.2) is 9.97 Å². The highest BCUT2D eigenvalue weighted by Gasteiger charge is 2.33. The zero-order chi connectivity index (χ0) is 23.0. The molecule has 1 aromatic carbocycles. The number of aromatic nitrogens is 2. The quantitative estimate of drug-likeness (QED) is 0.325. The van der Waals surface area contributed by atoms with Crippen molar-refractivity contribution in [3.63, 3.8) is 0 Å². The molecule has 0 aliphatic heterocycles. The third kappa shape index (κ3) is 5.27. The minimum absolute atomic E-state index is 0.0764. The smallest absolute Gasteiger partial charge is 0.230 e. The second kappa shape index (κ2) is 9.38. The first-order valence-electron chi connectivity index (χ1n) is 12.1. The van der Waals surface area contributed by atoms with Gasteiger partial charge in [-0.3, -0.25) is 4.79 Å². The number of nitrogens with zero attached hydrogens (tertiary/aromatic N) is 2. The van der Waals surface area contributed by atoms with Crippen LogP contribution in [-0.4, -0.2) is 28.2 Å². The molecule has 33 heavy (non-hydrogen) atoms. The van der Waals surface area contributed by atoms with Crippen molar-refractivity contribution < 1.29 is 4.79 Å². The Bertz CT molecular complexity index is 1150. The van der Waals surface area contributed by atoms with Gasteiger partial charge in [0.25, 0.3) is 0 Å². The molecule has 1 fully saturated rings. The Morgan fingerprint density at radius 3 is 2.67 bits per heavy atom. The van der Waals surface area contributed by atoms with Gasteiger partial charge in [0.15, 0.2) is 0 Å². The molecule has 2 aliphatic rings. The molecule has 6 heteroatoms. The molecule has 0 spiro atoms. The lowest BCUT2D eigenvalue weighted by molar-refractivity contribution is -0.118. The normalized spacial score (nSPS) is 18.3.